The number of carboxylic acid groups (broad SMARTS) is 1. The first kappa shape index (κ1) is 23.3. The van der Waals surface area contributed by atoms with Crippen molar-refractivity contribution < 1.29 is 19.4 Å². The average Bonchev–Trinajstić information content (AvgIpc) is 2.72. The zero-order chi connectivity index (χ0) is 22.1. The third kappa shape index (κ3) is 6.83. The molecule has 6 nitrogen and oxygen atoms in total. The molecule has 0 radical (unpaired) electrons. The zero-order valence-corrected chi connectivity index (χ0v) is 18.0. The third-order valence-corrected chi connectivity index (χ3v) is 4.56. The highest BCUT2D eigenvalue weighted by atomic mass is 35.5. The van der Waals surface area contributed by atoms with Gasteiger partial charge in [-0.25, -0.2) is 4.79 Å². The maximum atomic E-state index is 12.8. The van der Waals surface area contributed by atoms with Crippen LogP contribution in [0.3, 0.4) is 0 Å². The summed E-state index contributed by atoms with van der Waals surface area (Å²) >= 11 is 12.0. The smallest absolute Gasteiger partial charge is 0.335 e. The van der Waals surface area contributed by atoms with Crippen molar-refractivity contribution in [3.8, 4) is 5.75 Å². The van der Waals surface area contributed by atoms with E-state index in [0.29, 0.717) is 21.4 Å². The second-order valence-electron chi connectivity index (χ2n) is 6.29. The van der Waals surface area contributed by atoms with Crippen LogP contribution in [0.25, 0.3) is 0 Å². The van der Waals surface area contributed by atoms with Gasteiger partial charge in [0.2, 0.25) is 0 Å². The Morgan fingerprint density at radius 2 is 1.90 bits per heavy atom. The summed E-state index contributed by atoms with van der Waals surface area (Å²) in [5.41, 5.74) is 1.24. The molecule has 8 heteroatoms. The molecule has 2 aromatic carbocycles. The van der Waals surface area contributed by atoms with Crippen LogP contribution in [0.15, 0.2) is 65.8 Å². The van der Waals surface area contributed by atoms with Gasteiger partial charge in [0.05, 0.1) is 22.2 Å². The predicted octanol–water partition coefficient (Wildman–Crippen LogP) is 4.76. The van der Waals surface area contributed by atoms with Gasteiger partial charge in [-0.1, -0.05) is 35.3 Å². The van der Waals surface area contributed by atoms with Gasteiger partial charge >= 0.3 is 5.97 Å². The van der Waals surface area contributed by atoms with Gasteiger partial charge in [0.15, 0.2) is 0 Å². The van der Waals surface area contributed by atoms with Crippen molar-refractivity contribution in [3.05, 3.63) is 87.6 Å². The van der Waals surface area contributed by atoms with E-state index in [0.717, 1.165) is 5.56 Å². The van der Waals surface area contributed by atoms with Gasteiger partial charge < -0.3 is 20.5 Å². The molecule has 158 valence electrons. The number of ether oxygens (including phenoxy) is 1. The molecule has 2 aromatic rings. The molecule has 0 unspecified atom stereocenters. The van der Waals surface area contributed by atoms with Gasteiger partial charge in [0.25, 0.3) is 5.91 Å². The molecular weight excluding hydrogens is 427 g/mol. The van der Waals surface area contributed by atoms with Crippen molar-refractivity contribution in [2.75, 3.05) is 13.7 Å². The fourth-order valence-electron chi connectivity index (χ4n) is 2.56. The first-order valence-corrected chi connectivity index (χ1v) is 9.83. The van der Waals surface area contributed by atoms with Gasteiger partial charge in [-0.2, -0.15) is 0 Å². The van der Waals surface area contributed by atoms with Crippen LogP contribution in [0, 0.1) is 0 Å². The van der Waals surface area contributed by atoms with E-state index in [2.05, 4.69) is 10.6 Å². The molecule has 0 aliphatic carbocycles. The minimum absolute atomic E-state index is 0.181. The number of amides is 1. The quantitative estimate of drug-likeness (QED) is 0.481. The summed E-state index contributed by atoms with van der Waals surface area (Å²) < 4.78 is 5.69. The van der Waals surface area contributed by atoms with Crippen LogP contribution in [0.5, 0.6) is 5.75 Å². The summed E-state index contributed by atoms with van der Waals surface area (Å²) in [4.78, 5) is 23.8. The molecule has 2 rings (SSSR count). The monoisotopic (exact) mass is 448 g/mol. The number of hydrogen-bond acceptors (Lipinski definition) is 4. The number of carbonyl (C=O) groups is 2. The second kappa shape index (κ2) is 11.3. The van der Waals surface area contributed by atoms with Crippen molar-refractivity contribution in [2.45, 2.75) is 13.0 Å². The first-order valence-electron chi connectivity index (χ1n) is 9.07. The normalized spacial score (nSPS) is 12.5. The maximum Gasteiger partial charge on any atom is 0.335 e. The number of benzene rings is 2. The Morgan fingerprint density at radius 1 is 1.20 bits per heavy atom. The third-order valence-electron chi connectivity index (χ3n) is 4.09. The van der Waals surface area contributed by atoms with E-state index >= 15 is 0 Å². The molecule has 0 spiro atoms. The van der Waals surface area contributed by atoms with E-state index in [1.54, 1.807) is 56.6 Å². The van der Waals surface area contributed by atoms with Crippen molar-refractivity contribution in [2.24, 2.45) is 0 Å². The molecule has 30 heavy (non-hydrogen) atoms. The Balaban J connectivity index is 2.09. The fraction of sp³-hybridized carbons (Fsp3) is 0.182. The Hall–Kier alpha value is -2.96. The Kier molecular flexibility index (Phi) is 8.77. The summed E-state index contributed by atoms with van der Waals surface area (Å²) in [5.74, 6) is -0.987. The number of carboxylic acids is 1. The number of rotatable bonds is 9. The lowest BCUT2D eigenvalue weighted by Gasteiger charge is -2.16. The van der Waals surface area contributed by atoms with Crippen LogP contribution in [0.4, 0.5) is 0 Å². The van der Waals surface area contributed by atoms with Crippen molar-refractivity contribution >= 4 is 35.1 Å². The Morgan fingerprint density at radius 3 is 2.53 bits per heavy atom. The Bertz CT molecular complexity index is 956. The van der Waals surface area contributed by atoms with Gasteiger partial charge in [0, 0.05) is 18.3 Å². The van der Waals surface area contributed by atoms with E-state index in [1.807, 2.05) is 0 Å². The van der Waals surface area contributed by atoms with Gasteiger partial charge in [-0.3, -0.25) is 4.79 Å². The number of halogens is 2. The molecule has 0 saturated heterocycles. The SMILES string of the molecule is CN/C=C(Cl)\C=C/COc1ccc(Cl)cc1C(=O)N[C@@H](C)c1ccc(C(=O)O)cc1. The standard InChI is InChI=1S/C22H22Cl2N2O4/c1-14(15-5-7-16(8-6-15)22(28)29)26-21(27)19-12-17(23)9-10-20(19)30-11-3-4-18(24)13-25-2/h3-10,12-14,25H,11H2,1-2H3,(H,26,27)(H,28,29)/b4-3-,18-13+/t14-/m0/s1. The summed E-state index contributed by atoms with van der Waals surface area (Å²) in [6.45, 7) is 2.01. The minimum Gasteiger partial charge on any atom is -0.489 e. The maximum absolute atomic E-state index is 12.8. The number of hydrogen-bond donors (Lipinski definition) is 3. The lowest BCUT2D eigenvalue weighted by Crippen LogP contribution is -2.27. The van der Waals surface area contributed by atoms with Crippen LogP contribution in [0.2, 0.25) is 5.02 Å². The van der Waals surface area contributed by atoms with E-state index in [9.17, 15) is 9.59 Å². The molecule has 1 amide bonds. The van der Waals surface area contributed by atoms with Gasteiger partial charge in [-0.05, 0) is 55.0 Å². The highest BCUT2D eigenvalue weighted by molar-refractivity contribution is 6.31. The molecule has 0 fully saturated rings. The Labute approximate surface area is 185 Å². The molecule has 3 N–H and O–H groups in total. The number of carbonyl (C=O) groups excluding carboxylic acids is 1. The minimum atomic E-state index is -1.00. The zero-order valence-electron chi connectivity index (χ0n) is 16.5. The molecule has 0 aliphatic rings. The second-order valence-corrected chi connectivity index (χ2v) is 7.17. The highest BCUT2D eigenvalue weighted by Crippen LogP contribution is 2.24. The lowest BCUT2D eigenvalue weighted by molar-refractivity contribution is 0.0696. The molecule has 0 saturated carbocycles. The van der Waals surface area contributed by atoms with E-state index in [1.165, 1.54) is 18.2 Å². The molecule has 0 heterocycles. The number of allylic oxidation sites excluding steroid dienone is 2. The number of aromatic carboxylic acids is 1. The summed E-state index contributed by atoms with van der Waals surface area (Å²) in [5, 5.41) is 15.6. The lowest BCUT2D eigenvalue weighted by atomic mass is 10.1. The van der Waals surface area contributed by atoms with E-state index in [4.69, 9.17) is 33.0 Å². The van der Waals surface area contributed by atoms with Crippen LogP contribution in [0.1, 0.15) is 39.2 Å². The van der Waals surface area contributed by atoms with Crippen LogP contribution >= 0.6 is 23.2 Å². The van der Waals surface area contributed by atoms with Crippen molar-refractivity contribution in [3.63, 3.8) is 0 Å². The van der Waals surface area contributed by atoms with Crippen molar-refractivity contribution in [1.82, 2.24) is 10.6 Å². The molecule has 0 aromatic heterocycles. The molecule has 0 bridgehead atoms. The van der Waals surface area contributed by atoms with Gasteiger partial charge in [0.1, 0.15) is 12.4 Å². The van der Waals surface area contributed by atoms with Crippen LogP contribution < -0.4 is 15.4 Å². The first-order chi connectivity index (χ1) is 14.3. The van der Waals surface area contributed by atoms with Gasteiger partial charge in [-0.15, -0.1) is 0 Å². The van der Waals surface area contributed by atoms with E-state index < -0.39 is 5.97 Å². The van der Waals surface area contributed by atoms with Crippen LogP contribution in [-0.4, -0.2) is 30.6 Å². The van der Waals surface area contributed by atoms with Crippen LogP contribution in [-0.2, 0) is 0 Å². The largest absolute Gasteiger partial charge is 0.489 e. The topological polar surface area (TPSA) is 87.7 Å². The summed E-state index contributed by atoms with van der Waals surface area (Å²) in [7, 11) is 1.74. The summed E-state index contributed by atoms with van der Waals surface area (Å²) in [6, 6.07) is 10.8. The van der Waals surface area contributed by atoms with E-state index in [-0.39, 0.29) is 24.1 Å². The highest BCUT2D eigenvalue weighted by Gasteiger charge is 2.17. The molecule has 1 atom stereocenters. The average molecular weight is 449 g/mol. The molecule has 0 aliphatic heterocycles. The number of nitrogens with one attached hydrogen (secondary N) is 2. The summed E-state index contributed by atoms with van der Waals surface area (Å²) in [6.07, 6.45) is 5.03. The fourth-order valence-corrected chi connectivity index (χ4v) is 2.93. The molecular formula is C22H22Cl2N2O4. The van der Waals surface area contributed by atoms with Crippen molar-refractivity contribution in [1.29, 1.82) is 0 Å². The predicted molar refractivity (Wildman–Crippen MR) is 118 cm³/mol.